The van der Waals surface area contributed by atoms with Crippen molar-refractivity contribution in [1.82, 2.24) is 0 Å². The summed E-state index contributed by atoms with van der Waals surface area (Å²) >= 11 is 1.26. The highest BCUT2D eigenvalue weighted by atomic mass is 32.1. The molecule has 0 unspecified atom stereocenters. The van der Waals surface area contributed by atoms with E-state index in [1.54, 1.807) is 38.3 Å². The van der Waals surface area contributed by atoms with Crippen LogP contribution in [-0.2, 0) is 4.74 Å². The van der Waals surface area contributed by atoms with Gasteiger partial charge < -0.3 is 19.5 Å². The number of carbonyl (C=O) groups excluding carboxylic acids is 2. The number of rotatable bonds is 7. The third kappa shape index (κ3) is 4.46. The summed E-state index contributed by atoms with van der Waals surface area (Å²) < 4.78 is 15.9. The van der Waals surface area contributed by atoms with Gasteiger partial charge in [-0.2, -0.15) is 0 Å². The first kappa shape index (κ1) is 21.4. The van der Waals surface area contributed by atoms with Crippen LogP contribution in [0, 0.1) is 6.92 Å². The second-order valence-electron chi connectivity index (χ2n) is 6.46. The molecule has 1 heterocycles. The number of amides is 1. The van der Waals surface area contributed by atoms with Crippen LogP contribution in [0.5, 0.6) is 11.5 Å². The van der Waals surface area contributed by atoms with Crippen molar-refractivity contribution in [1.29, 1.82) is 0 Å². The summed E-state index contributed by atoms with van der Waals surface area (Å²) in [5.74, 6) is 0.363. The number of hydrogen-bond acceptors (Lipinski definition) is 6. The molecule has 30 heavy (non-hydrogen) atoms. The van der Waals surface area contributed by atoms with Gasteiger partial charge in [-0.05, 0) is 44.2 Å². The molecular weight excluding hydrogens is 402 g/mol. The van der Waals surface area contributed by atoms with E-state index in [0.717, 1.165) is 11.1 Å². The molecule has 0 saturated heterocycles. The average Bonchev–Trinajstić information content (AvgIpc) is 3.17. The van der Waals surface area contributed by atoms with Crippen molar-refractivity contribution in [3.8, 4) is 22.6 Å². The normalized spacial score (nSPS) is 10.4. The van der Waals surface area contributed by atoms with Gasteiger partial charge in [-0.1, -0.05) is 17.7 Å². The summed E-state index contributed by atoms with van der Waals surface area (Å²) in [7, 11) is 3.12. The van der Waals surface area contributed by atoms with Crippen molar-refractivity contribution in [2.45, 2.75) is 13.8 Å². The molecule has 3 rings (SSSR count). The fraction of sp³-hybridized carbons (Fsp3) is 0.217. The van der Waals surface area contributed by atoms with Crippen molar-refractivity contribution in [2.24, 2.45) is 0 Å². The van der Waals surface area contributed by atoms with Crippen LogP contribution in [0.3, 0.4) is 0 Å². The molecule has 1 aromatic heterocycles. The van der Waals surface area contributed by atoms with Crippen molar-refractivity contribution >= 4 is 28.2 Å². The maximum atomic E-state index is 12.8. The Morgan fingerprint density at radius 2 is 1.83 bits per heavy atom. The lowest BCUT2D eigenvalue weighted by atomic mass is 10.0. The first-order valence-corrected chi connectivity index (χ1v) is 10.3. The standard InChI is InChI=1S/C23H23NO5S/c1-5-29-23(26)20-18(17-11-14(2)9-10-19(17)28-4)13-30-22(20)24-21(25)15-7-6-8-16(12-15)27-3/h6-13H,5H2,1-4H3,(H,24,25). The highest BCUT2D eigenvalue weighted by Gasteiger charge is 2.25. The Kier molecular flexibility index (Phi) is 6.74. The Labute approximate surface area is 179 Å². The molecule has 0 aliphatic carbocycles. The van der Waals surface area contributed by atoms with Crippen LogP contribution >= 0.6 is 11.3 Å². The van der Waals surface area contributed by atoms with Gasteiger partial charge in [-0.15, -0.1) is 11.3 Å². The van der Waals surface area contributed by atoms with E-state index in [0.29, 0.717) is 33.2 Å². The molecule has 0 bridgehead atoms. The lowest BCUT2D eigenvalue weighted by molar-refractivity contribution is 0.0529. The van der Waals surface area contributed by atoms with E-state index in [1.807, 2.05) is 30.5 Å². The molecule has 3 aromatic rings. The van der Waals surface area contributed by atoms with Gasteiger partial charge in [0, 0.05) is 22.1 Å². The summed E-state index contributed by atoms with van der Waals surface area (Å²) in [5.41, 5.74) is 3.17. The fourth-order valence-electron chi connectivity index (χ4n) is 3.03. The Morgan fingerprint density at radius 3 is 2.53 bits per heavy atom. The van der Waals surface area contributed by atoms with Gasteiger partial charge in [-0.25, -0.2) is 4.79 Å². The molecule has 156 valence electrons. The van der Waals surface area contributed by atoms with Gasteiger partial charge in [0.2, 0.25) is 0 Å². The Balaban J connectivity index is 2.04. The Bertz CT molecular complexity index is 1070. The smallest absolute Gasteiger partial charge is 0.341 e. The van der Waals surface area contributed by atoms with Crippen LogP contribution < -0.4 is 14.8 Å². The predicted octanol–water partition coefficient (Wildman–Crippen LogP) is 5.17. The van der Waals surface area contributed by atoms with Gasteiger partial charge in [0.15, 0.2) is 0 Å². The number of aryl methyl sites for hydroxylation is 1. The lowest BCUT2D eigenvalue weighted by Crippen LogP contribution is -2.15. The molecule has 2 aromatic carbocycles. The topological polar surface area (TPSA) is 73.9 Å². The molecule has 6 nitrogen and oxygen atoms in total. The molecule has 0 aliphatic rings. The number of ether oxygens (including phenoxy) is 3. The summed E-state index contributed by atoms with van der Waals surface area (Å²) in [4.78, 5) is 25.6. The number of thiophene rings is 1. The van der Waals surface area contributed by atoms with Gasteiger partial charge in [0.05, 0.1) is 20.8 Å². The summed E-state index contributed by atoms with van der Waals surface area (Å²) in [6, 6.07) is 12.5. The first-order chi connectivity index (χ1) is 14.5. The zero-order valence-electron chi connectivity index (χ0n) is 17.3. The Hall–Kier alpha value is -3.32. The van der Waals surface area contributed by atoms with E-state index in [4.69, 9.17) is 14.2 Å². The molecule has 0 aliphatic heterocycles. The monoisotopic (exact) mass is 425 g/mol. The number of esters is 1. The van der Waals surface area contributed by atoms with Gasteiger partial charge in [0.1, 0.15) is 22.1 Å². The van der Waals surface area contributed by atoms with Crippen molar-refractivity contribution in [3.63, 3.8) is 0 Å². The summed E-state index contributed by atoms with van der Waals surface area (Å²) in [6.07, 6.45) is 0. The molecule has 1 N–H and O–H groups in total. The number of hydrogen-bond donors (Lipinski definition) is 1. The molecule has 1 amide bonds. The third-order valence-corrected chi connectivity index (χ3v) is 5.37. The Morgan fingerprint density at radius 1 is 1.03 bits per heavy atom. The minimum atomic E-state index is -0.502. The third-order valence-electron chi connectivity index (χ3n) is 4.47. The number of anilines is 1. The van der Waals surface area contributed by atoms with Crippen molar-refractivity contribution in [3.05, 3.63) is 64.5 Å². The molecule has 0 saturated carbocycles. The average molecular weight is 426 g/mol. The first-order valence-electron chi connectivity index (χ1n) is 9.37. The van der Waals surface area contributed by atoms with Gasteiger partial charge in [-0.3, -0.25) is 4.79 Å². The second-order valence-corrected chi connectivity index (χ2v) is 7.34. The number of benzene rings is 2. The zero-order valence-corrected chi connectivity index (χ0v) is 18.1. The number of methoxy groups -OCH3 is 2. The van der Waals surface area contributed by atoms with Gasteiger partial charge >= 0.3 is 5.97 Å². The van der Waals surface area contributed by atoms with E-state index >= 15 is 0 Å². The SMILES string of the molecule is CCOC(=O)c1c(-c2cc(C)ccc2OC)csc1NC(=O)c1cccc(OC)c1. The highest BCUT2D eigenvalue weighted by molar-refractivity contribution is 7.15. The van der Waals surface area contributed by atoms with E-state index < -0.39 is 5.97 Å². The number of nitrogens with one attached hydrogen (secondary N) is 1. The van der Waals surface area contributed by atoms with E-state index in [1.165, 1.54) is 18.4 Å². The number of carbonyl (C=O) groups is 2. The predicted molar refractivity (Wildman–Crippen MR) is 118 cm³/mol. The maximum Gasteiger partial charge on any atom is 0.341 e. The molecule has 0 radical (unpaired) electrons. The highest BCUT2D eigenvalue weighted by Crippen LogP contribution is 2.40. The van der Waals surface area contributed by atoms with Crippen LogP contribution in [0.2, 0.25) is 0 Å². The minimum Gasteiger partial charge on any atom is -0.497 e. The van der Waals surface area contributed by atoms with Gasteiger partial charge in [0.25, 0.3) is 5.91 Å². The van der Waals surface area contributed by atoms with Crippen LogP contribution in [0.15, 0.2) is 47.8 Å². The molecule has 0 spiro atoms. The van der Waals surface area contributed by atoms with E-state index in [-0.39, 0.29) is 12.5 Å². The van der Waals surface area contributed by atoms with Crippen LogP contribution in [0.1, 0.15) is 33.2 Å². The second kappa shape index (κ2) is 9.45. The van der Waals surface area contributed by atoms with E-state index in [2.05, 4.69) is 5.32 Å². The minimum absolute atomic E-state index is 0.225. The van der Waals surface area contributed by atoms with E-state index in [9.17, 15) is 9.59 Å². The largest absolute Gasteiger partial charge is 0.497 e. The zero-order chi connectivity index (χ0) is 21.7. The summed E-state index contributed by atoms with van der Waals surface area (Å²) in [5, 5.41) is 5.08. The van der Waals surface area contributed by atoms with Crippen molar-refractivity contribution in [2.75, 3.05) is 26.1 Å². The van der Waals surface area contributed by atoms with Crippen LogP contribution in [-0.4, -0.2) is 32.7 Å². The van der Waals surface area contributed by atoms with Crippen molar-refractivity contribution < 1.29 is 23.8 Å². The fourth-order valence-corrected chi connectivity index (χ4v) is 3.97. The van der Waals surface area contributed by atoms with Crippen LogP contribution in [0.25, 0.3) is 11.1 Å². The summed E-state index contributed by atoms with van der Waals surface area (Å²) in [6.45, 7) is 3.93. The molecule has 0 fully saturated rings. The lowest BCUT2D eigenvalue weighted by Gasteiger charge is -2.12. The van der Waals surface area contributed by atoms with Crippen LogP contribution in [0.4, 0.5) is 5.00 Å². The molecule has 0 atom stereocenters. The molecular formula is C23H23NO5S. The quantitative estimate of drug-likeness (QED) is 0.529. The maximum absolute atomic E-state index is 12.8. The molecule has 7 heteroatoms.